The zero-order valence-electron chi connectivity index (χ0n) is 17.5. The monoisotopic (exact) mass is 372 g/mol. The average molecular weight is 373 g/mol. The summed E-state index contributed by atoms with van der Waals surface area (Å²) in [6, 6.07) is 6.96. The van der Waals surface area contributed by atoms with Gasteiger partial charge in [0, 0.05) is 30.4 Å². The minimum atomic E-state index is -1.65. The number of hydrogen-bond donors (Lipinski definition) is 1. The van der Waals surface area contributed by atoms with Gasteiger partial charge in [0.1, 0.15) is 0 Å². The first-order chi connectivity index (χ1) is 12.2. The summed E-state index contributed by atoms with van der Waals surface area (Å²) in [5, 5.41) is 5.26. The molecule has 2 aromatic rings. The summed E-state index contributed by atoms with van der Waals surface area (Å²) in [7, 11) is -1.65. The van der Waals surface area contributed by atoms with Crippen LogP contribution in [-0.4, -0.2) is 26.0 Å². The Morgan fingerprint density at radius 1 is 1.23 bits per heavy atom. The van der Waals surface area contributed by atoms with Crippen molar-refractivity contribution in [3.05, 3.63) is 30.0 Å². The second-order valence-electron chi connectivity index (χ2n) is 9.32. The van der Waals surface area contributed by atoms with Crippen molar-refractivity contribution in [2.45, 2.75) is 77.6 Å². The predicted molar refractivity (Wildman–Crippen MR) is 116 cm³/mol. The zero-order chi connectivity index (χ0) is 18.9. The topological polar surface area (TPSA) is 26.2 Å². The number of nitrogens with one attached hydrogen (secondary N) is 1. The van der Waals surface area contributed by atoms with E-state index in [-0.39, 0.29) is 5.04 Å². The van der Waals surface area contributed by atoms with Crippen molar-refractivity contribution < 1.29 is 4.43 Å². The van der Waals surface area contributed by atoms with Crippen LogP contribution in [0.25, 0.3) is 10.9 Å². The van der Waals surface area contributed by atoms with Crippen molar-refractivity contribution in [2.24, 2.45) is 0 Å². The summed E-state index contributed by atoms with van der Waals surface area (Å²) in [6.45, 7) is 16.5. The molecule has 0 saturated heterocycles. The van der Waals surface area contributed by atoms with E-state index >= 15 is 0 Å². The molecule has 1 fully saturated rings. The maximum absolute atomic E-state index is 6.30. The molecule has 1 saturated carbocycles. The van der Waals surface area contributed by atoms with Crippen molar-refractivity contribution in [1.82, 2.24) is 4.57 Å². The minimum Gasteiger partial charge on any atom is -0.415 e. The van der Waals surface area contributed by atoms with E-state index in [1.54, 1.807) is 0 Å². The maximum atomic E-state index is 6.30. The number of anilines is 1. The highest BCUT2D eigenvalue weighted by molar-refractivity contribution is 6.74. The van der Waals surface area contributed by atoms with Gasteiger partial charge in [0.2, 0.25) is 0 Å². The van der Waals surface area contributed by atoms with E-state index in [9.17, 15) is 0 Å². The Balaban J connectivity index is 1.69. The first-order valence-corrected chi connectivity index (χ1v) is 13.1. The second-order valence-corrected chi connectivity index (χ2v) is 14.1. The van der Waals surface area contributed by atoms with Crippen molar-refractivity contribution in [2.75, 3.05) is 18.5 Å². The Morgan fingerprint density at radius 3 is 2.58 bits per heavy atom. The molecule has 1 N–H and O–H groups in total. The molecule has 0 radical (unpaired) electrons. The first-order valence-electron chi connectivity index (χ1n) is 10.2. The summed E-state index contributed by atoms with van der Waals surface area (Å²) in [6.07, 6.45) is 6.11. The molecule has 0 amide bonds. The smallest absolute Gasteiger partial charge is 0.192 e. The number of hydrogen-bond acceptors (Lipinski definition) is 2. The van der Waals surface area contributed by atoms with E-state index in [2.05, 4.69) is 75.1 Å². The molecule has 3 nitrogen and oxygen atoms in total. The van der Waals surface area contributed by atoms with Crippen LogP contribution in [0.15, 0.2) is 24.4 Å². The molecule has 4 heteroatoms. The summed E-state index contributed by atoms with van der Waals surface area (Å²) < 4.78 is 8.74. The lowest BCUT2D eigenvalue weighted by Crippen LogP contribution is -2.41. The van der Waals surface area contributed by atoms with E-state index in [4.69, 9.17) is 4.43 Å². The standard InChI is InChI=1S/C22H36N2OSi/c1-7-12-24-13-10-18-15-19(16-20(21(18)24)17-8-9-17)23-11-14-25-26(5,6)22(2,3)4/h10,13,15-17,23H,7-9,11-12,14H2,1-6H3. The second kappa shape index (κ2) is 7.39. The third-order valence-electron chi connectivity index (χ3n) is 6.07. The Hall–Kier alpha value is -1.26. The van der Waals surface area contributed by atoms with E-state index < -0.39 is 8.32 Å². The summed E-state index contributed by atoms with van der Waals surface area (Å²) in [4.78, 5) is 0. The lowest BCUT2D eigenvalue weighted by molar-refractivity contribution is 0.301. The van der Waals surface area contributed by atoms with E-state index in [0.29, 0.717) is 0 Å². The van der Waals surface area contributed by atoms with Crippen LogP contribution in [0.5, 0.6) is 0 Å². The summed E-state index contributed by atoms with van der Waals surface area (Å²) in [5.74, 6) is 0.758. The van der Waals surface area contributed by atoms with E-state index in [1.165, 1.54) is 41.4 Å². The minimum absolute atomic E-state index is 0.271. The van der Waals surface area contributed by atoms with Crippen LogP contribution in [0.4, 0.5) is 5.69 Å². The lowest BCUT2D eigenvalue weighted by atomic mass is 10.1. The van der Waals surface area contributed by atoms with Gasteiger partial charge in [0.05, 0.1) is 12.1 Å². The van der Waals surface area contributed by atoms with Crippen molar-refractivity contribution in [3.63, 3.8) is 0 Å². The van der Waals surface area contributed by atoms with Crippen LogP contribution in [0.3, 0.4) is 0 Å². The van der Waals surface area contributed by atoms with Crippen molar-refractivity contribution in [1.29, 1.82) is 0 Å². The molecule has 26 heavy (non-hydrogen) atoms. The van der Waals surface area contributed by atoms with Crippen LogP contribution < -0.4 is 5.32 Å². The lowest BCUT2D eigenvalue weighted by Gasteiger charge is -2.36. The average Bonchev–Trinajstić information content (AvgIpc) is 3.32. The van der Waals surface area contributed by atoms with Gasteiger partial charge < -0.3 is 14.3 Å². The van der Waals surface area contributed by atoms with Gasteiger partial charge in [-0.15, -0.1) is 0 Å². The Labute approximate surface area is 160 Å². The molecule has 1 aliphatic rings. The van der Waals surface area contributed by atoms with Crippen LogP contribution in [0.2, 0.25) is 18.1 Å². The van der Waals surface area contributed by atoms with Gasteiger partial charge in [-0.25, -0.2) is 0 Å². The molecular formula is C22H36N2OSi. The van der Waals surface area contributed by atoms with Crippen LogP contribution in [0, 0.1) is 0 Å². The Bertz CT molecular complexity index is 753. The largest absolute Gasteiger partial charge is 0.415 e. The van der Waals surface area contributed by atoms with Gasteiger partial charge in [-0.3, -0.25) is 0 Å². The highest BCUT2D eigenvalue weighted by atomic mass is 28.4. The highest BCUT2D eigenvalue weighted by Crippen LogP contribution is 2.44. The molecule has 3 rings (SSSR count). The van der Waals surface area contributed by atoms with Gasteiger partial charge in [-0.05, 0) is 67.1 Å². The van der Waals surface area contributed by atoms with Crippen LogP contribution >= 0.6 is 0 Å². The van der Waals surface area contributed by atoms with Gasteiger partial charge >= 0.3 is 0 Å². The third-order valence-corrected chi connectivity index (χ3v) is 10.6. The number of nitrogens with zero attached hydrogens (tertiary/aromatic N) is 1. The molecule has 0 bridgehead atoms. The van der Waals surface area contributed by atoms with Gasteiger partial charge in [-0.1, -0.05) is 27.7 Å². The Morgan fingerprint density at radius 2 is 1.96 bits per heavy atom. The molecule has 0 atom stereocenters. The van der Waals surface area contributed by atoms with Gasteiger partial charge in [0.25, 0.3) is 0 Å². The molecule has 1 aromatic carbocycles. The summed E-state index contributed by atoms with van der Waals surface area (Å²) in [5.41, 5.74) is 4.23. The maximum Gasteiger partial charge on any atom is 0.192 e. The van der Waals surface area contributed by atoms with Crippen molar-refractivity contribution in [3.8, 4) is 0 Å². The molecule has 1 aliphatic carbocycles. The zero-order valence-corrected chi connectivity index (χ0v) is 18.5. The molecule has 144 valence electrons. The molecule has 1 heterocycles. The first kappa shape index (κ1) is 19.5. The number of aromatic nitrogens is 1. The quantitative estimate of drug-likeness (QED) is 0.431. The van der Waals surface area contributed by atoms with Crippen molar-refractivity contribution >= 4 is 24.9 Å². The number of fused-ring (bicyclic) bond motifs is 1. The van der Waals surface area contributed by atoms with Crippen LogP contribution in [-0.2, 0) is 11.0 Å². The summed E-state index contributed by atoms with van der Waals surface area (Å²) >= 11 is 0. The van der Waals surface area contributed by atoms with E-state index in [1.807, 2.05) is 0 Å². The van der Waals surface area contributed by atoms with E-state index in [0.717, 1.165) is 25.6 Å². The van der Waals surface area contributed by atoms with Gasteiger partial charge in [-0.2, -0.15) is 0 Å². The fourth-order valence-electron chi connectivity index (χ4n) is 3.34. The SMILES string of the molecule is CCCn1ccc2cc(NCCO[Si](C)(C)C(C)(C)C)cc(C3CC3)c21. The molecular weight excluding hydrogens is 336 g/mol. The van der Waals surface area contributed by atoms with Gasteiger partial charge in [0.15, 0.2) is 8.32 Å². The highest BCUT2D eigenvalue weighted by Gasteiger charge is 2.36. The predicted octanol–water partition coefficient (Wildman–Crippen LogP) is 6.36. The fraction of sp³-hybridized carbons (Fsp3) is 0.636. The molecule has 0 aliphatic heterocycles. The molecule has 1 aromatic heterocycles. The van der Waals surface area contributed by atoms with Crippen LogP contribution in [0.1, 0.15) is 58.4 Å². The third kappa shape index (κ3) is 4.17. The molecule has 0 unspecified atom stereocenters. The number of rotatable bonds is 8. The molecule has 0 spiro atoms. The Kier molecular flexibility index (Phi) is 5.55. The normalized spacial score (nSPS) is 15.6. The fourth-order valence-corrected chi connectivity index (χ4v) is 4.38. The number of aryl methyl sites for hydroxylation is 1. The number of benzene rings is 1.